The topological polar surface area (TPSA) is 76.7 Å². The molecule has 6 nitrogen and oxygen atoms in total. The molecule has 0 spiro atoms. The van der Waals surface area contributed by atoms with Gasteiger partial charge in [0.2, 0.25) is 0 Å². The van der Waals surface area contributed by atoms with Gasteiger partial charge >= 0.3 is 0 Å². The van der Waals surface area contributed by atoms with Crippen LogP contribution in [0, 0.1) is 26.6 Å². The Labute approximate surface area is 149 Å². The number of rotatable bonds is 3. The molecule has 0 atom stereocenters. The van der Waals surface area contributed by atoms with Crippen molar-refractivity contribution in [2.24, 2.45) is 0 Å². The molecule has 7 heteroatoms. The second kappa shape index (κ2) is 6.18. The third-order valence-corrected chi connectivity index (χ3v) is 4.08. The lowest BCUT2D eigenvalue weighted by Crippen LogP contribution is -2.00. The summed E-state index contributed by atoms with van der Waals surface area (Å²) in [6, 6.07) is 8.44. The van der Waals surface area contributed by atoms with Gasteiger partial charge in [-0.15, -0.1) is 0 Å². The van der Waals surface area contributed by atoms with Crippen LogP contribution in [0.5, 0.6) is 0 Å². The zero-order chi connectivity index (χ0) is 18.3. The molecule has 4 rings (SSSR count). The maximum atomic E-state index is 13.4. The molecular formula is C19H16FN5O. The summed E-state index contributed by atoms with van der Waals surface area (Å²) in [5.41, 5.74) is 4.43. The minimum atomic E-state index is -0.280. The van der Waals surface area contributed by atoms with Gasteiger partial charge in [-0.3, -0.25) is 0 Å². The second-order valence-electron chi connectivity index (χ2n) is 6.10. The zero-order valence-corrected chi connectivity index (χ0v) is 14.5. The predicted molar refractivity (Wildman–Crippen MR) is 96.7 cm³/mol. The maximum Gasteiger partial charge on any atom is 0.261 e. The van der Waals surface area contributed by atoms with E-state index in [0.29, 0.717) is 22.9 Å². The Morgan fingerprint density at radius 3 is 2.62 bits per heavy atom. The maximum absolute atomic E-state index is 13.4. The lowest BCUT2D eigenvalue weighted by atomic mass is 10.1. The van der Waals surface area contributed by atoms with Crippen molar-refractivity contribution >= 4 is 22.4 Å². The van der Waals surface area contributed by atoms with Crippen molar-refractivity contribution in [3.8, 4) is 11.5 Å². The molecule has 0 fully saturated rings. The number of nitrogens with zero attached hydrogens (tertiary/aromatic N) is 4. The molecule has 130 valence electrons. The molecule has 0 aliphatic carbocycles. The van der Waals surface area contributed by atoms with E-state index in [4.69, 9.17) is 4.52 Å². The highest BCUT2D eigenvalue weighted by Gasteiger charge is 2.17. The molecule has 0 unspecified atom stereocenters. The van der Waals surface area contributed by atoms with Crippen LogP contribution in [0.1, 0.15) is 17.1 Å². The molecule has 26 heavy (non-hydrogen) atoms. The first-order chi connectivity index (χ1) is 12.5. The summed E-state index contributed by atoms with van der Waals surface area (Å²) in [4.78, 5) is 13.2. The summed E-state index contributed by atoms with van der Waals surface area (Å²) < 4.78 is 18.8. The minimum Gasteiger partial charge on any atom is -0.354 e. The van der Waals surface area contributed by atoms with Crippen molar-refractivity contribution in [2.45, 2.75) is 20.8 Å². The van der Waals surface area contributed by atoms with Crippen molar-refractivity contribution in [3.05, 3.63) is 59.4 Å². The Morgan fingerprint density at radius 1 is 1.04 bits per heavy atom. The molecule has 0 saturated heterocycles. The Bertz CT molecular complexity index is 1120. The Morgan fingerprint density at radius 2 is 1.88 bits per heavy atom. The first-order valence-electron chi connectivity index (χ1n) is 8.11. The van der Waals surface area contributed by atoms with E-state index in [1.165, 1.54) is 12.1 Å². The number of aryl methyl sites for hydroxylation is 3. The molecule has 0 radical (unpaired) electrons. The summed E-state index contributed by atoms with van der Waals surface area (Å²) in [5, 5.41) is 8.03. The van der Waals surface area contributed by atoms with Crippen LogP contribution in [0.4, 0.5) is 15.8 Å². The molecule has 1 aromatic carbocycles. The monoisotopic (exact) mass is 349 g/mol. The van der Waals surface area contributed by atoms with Crippen LogP contribution in [0.2, 0.25) is 0 Å². The number of fused-ring (bicyclic) bond motifs is 1. The van der Waals surface area contributed by atoms with Gasteiger partial charge in [0, 0.05) is 23.0 Å². The molecular weight excluding hydrogens is 333 g/mol. The van der Waals surface area contributed by atoms with Crippen molar-refractivity contribution in [1.82, 2.24) is 20.1 Å². The molecule has 1 N–H and O–H groups in total. The van der Waals surface area contributed by atoms with Crippen LogP contribution < -0.4 is 5.32 Å². The van der Waals surface area contributed by atoms with Gasteiger partial charge in [0.25, 0.3) is 5.89 Å². The van der Waals surface area contributed by atoms with Crippen molar-refractivity contribution in [3.63, 3.8) is 0 Å². The molecule has 3 heterocycles. The molecule has 0 aliphatic rings. The molecule has 0 amide bonds. The lowest BCUT2D eigenvalue weighted by molar-refractivity contribution is 0.425. The third-order valence-electron chi connectivity index (χ3n) is 4.08. The standard InChI is InChI=1S/C19H16FN5O/c1-10-8-13(20)5-7-16(10)24-17-14-6-4-11(2)22-18(14)21-9-15(17)19-23-12(3)25-26-19/h4-9H,1-3H3,(H,21,22,24). The summed E-state index contributed by atoms with van der Waals surface area (Å²) >= 11 is 0. The Hall–Kier alpha value is -3.35. The van der Waals surface area contributed by atoms with Crippen LogP contribution in [-0.2, 0) is 0 Å². The van der Waals surface area contributed by atoms with Gasteiger partial charge in [-0.1, -0.05) is 5.16 Å². The highest BCUT2D eigenvalue weighted by Crippen LogP contribution is 2.35. The van der Waals surface area contributed by atoms with Crippen LogP contribution in [0.3, 0.4) is 0 Å². The number of anilines is 2. The number of hydrogen-bond donors (Lipinski definition) is 1. The van der Waals surface area contributed by atoms with E-state index in [1.54, 1.807) is 19.2 Å². The summed E-state index contributed by atoms with van der Waals surface area (Å²) in [7, 11) is 0. The van der Waals surface area contributed by atoms with Gasteiger partial charge in [-0.05, 0) is 56.7 Å². The van der Waals surface area contributed by atoms with Crippen LogP contribution in [-0.4, -0.2) is 20.1 Å². The van der Waals surface area contributed by atoms with E-state index < -0.39 is 0 Å². The van der Waals surface area contributed by atoms with E-state index in [0.717, 1.165) is 28.0 Å². The predicted octanol–water partition coefficient (Wildman–Crippen LogP) is 4.49. The fourth-order valence-corrected chi connectivity index (χ4v) is 2.78. The Kier molecular flexibility index (Phi) is 3.84. The number of hydrogen-bond acceptors (Lipinski definition) is 6. The fraction of sp³-hybridized carbons (Fsp3) is 0.158. The minimum absolute atomic E-state index is 0.280. The molecule has 0 saturated carbocycles. The van der Waals surface area contributed by atoms with E-state index in [2.05, 4.69) is 25.4 Å². The molecule has 0 bridgehead atoms. The SMILES string of the molecule is Cc1ccc2c(Nc3ccc(F)cc3C)c(-c3nc(C)no3)cnc2n1. The molecule has 3 aromatic heterocycles. The normalized spacial score (nSPS) is 11.1. The van der Waals surface area contributed by atoms with Crippen LogP contribution >= 0.6 is 0 Å². The van der Waals surface area contributed by atoms with Gasteiger partial charge in [-0.2, -0.15) is 4.98 Å². The quantitative estimate of drug-likeness (QED) is 0.587. The van der Waals surface area contributed by atoms with Gasteiger partial charge in [0.15, 0.2) is 11.5 Å². The average Bonchev–Trinajstić information content (AvgIpc) is 3.03. The zero-order valence-electron chi connectivity index (χ0n) is 14.5. The second-order valence-corrected chi connectivity index (χ2v) is 6.10. The van der Waals surface area contributed by atoms with Gasteiger partial charge in [-0.25, -0.2) is 14.4 Å². The van der Waals surface area contributed by atoms with E-state index in [9.17, 15) is 4.39 Å². The average molecular weight is 349 g/mol. The fourth-order valence-electron chi connectivity index (χ4n) is 2.78. The van der Waals surface area contributed by atoms with Gasteiger partial charge in [0.05, 0.1) is 11.3 Å². The van der Waals surface area contributed by atoms with Crippen LogP contribution in [0.25, 0.3) is 22.5 Å². The first kappa shape index (κ1) is 16.1. The van der Waals surface area contributed by atoms with E-state index in [1.807, 2.05) is 26.0 Å². The van der Waals surface area contributed by atoms with E-state index in [-0.39, 0.29) is 5.82 Å². The largest absolute Gasteiger partial charge is 0.354 e. The van der Waals surface area contributed by atoms with Gasteiger partial charge in [0.1, 0.15) is 5.82 Å². The number of pyridine rings is 2. The smallest absolute Gasteiger partial charge is 0.261 e. The van der Waals surface area contributed by atoms with Crippen molar-refractivity contribution < 1.29 is 8.91 Å². The van der Waals surface area contributed by atoms with E-state index >= 15 is 0 Å². The first-order valence-corrected chi connectivity index (χ1v) is 8.11. The molecule has 4 aromatic rings. The molecule has 0 aliphatic heterocycles. The van der Waals surface area contributed by atoms with Crippen LogP contribution in [0.15, 0.2) is 41.1 Å². The summed E-state index contributed by atoms with van der Waals surface area (Å²) in [6.45, 7) is 5.50. The van der Waals surface area contributed by atoms with Gasteiger partial charge < -0.3 is 9.84 Å². The number of benzene rings is 1. The summed E-state index contributed by atoms with van der Waals surface area (Å²) in [6.07, 6.45) is 1.66. The third kappa shape index (κ3) is 2.88. The highest BCUT2D eigenvalue weighted by atomic mass is 19.1. The number of halogens is 1. The van der Waals surface area contributed by atoms with Crippen molar-refractivity contribution in [2.75, 3.05) is 5.32 Å². The number of aromatic nitrogens is 4. The Balaban J connectivity index is 1.94. The highest BCUT2D eigenvalue weighted by molar-refractivity contribution is 5.98. The lowest BCUT2D eigenvalue weighted by Gasteiger charge is -2.14. The summed E-state index contributed by atoms with van der Waals surface area (Å²) in [5.74, 6) is 0.614. The number of nitrogens with one attached hydrogen (secondary N) is 1. The van der Waals surface area contributed by atoms with Crippen molar-refractivity contribution in [1.29, 1.82) is 0 Å².